The molecular formula is C18H17Cl2NO3S. The van der Waals surface area contributed by atoms with Crippen LogP contribution in [0, 0.1) is 0 Å². The standard InChI is InChI=1S/C18H17Cl2NO3S/c19-15-7-6-14(8-16(15)20)11-25-12-18(23)24-10-17(22)21-9-13-4-2-1-3-5-13/h1-8H,9-12H2,(H,21,22). The Labute approximate surface area is 160 Å². The molecule has 0 spiro atoms. The van der Waals surface area contributed by atoms with Gasteiger partial charge < -0.3 is 10.1 Å². The van der Waals surface area contributed by atoms with Crippen LogP contribution in [0.25, 0.3) is 0 Å². The minimum Gasteiger partial charge on any atom is -0.455 e. The first-order valence-corrected chi connectivity index (χ1v) is 9.43. The lowest BCUT2D eigenvalue weighted by Gasteiger charge is -2.07. The molecule has 0 bridgehead atoms. The Bertz CT molecular complexity index is 726. The third kappa shape index (κ3) is 7.38. The minimum atomic E-state index is -0.431. The fourth-order valence-corrected chi connectivity index (χ4v) is 3.00. The van der Waals surface area contributed by atoms with Crippen molar-refractivity contribution in [3.05, 3.63) is 69.7 Å². The highest BCUT2D eigenvalue weighted by atomic mass is 35.5. The van der Waals surface area contributed by atoms with Crippen molar-refractivity contribution in [2.24, 2.45) is 0 Å². The van der Waals surface area contributed by atoms with E-state index in [9.17, 15) is 9.59 Å². The summed E-state index contributed by atoms with van der Waals surface area (Å²) in [6, 6.07) is 14.8. The molecule has 0 fully saturated rings. The van der Waals surface area contributed by atoms with E-state index in [4.69, 9.17) is 27.9 Å². The zero-order chi connectivity index (χ0) is 18.1. The molecule has 25 heavy (non-hydrogen) atoms. The third-order valence-corrected chi connectivity index (χ3v) is 4.89. The quantitative estimate of drug-likeness (QED) is 0.681. The van der Waals surface area contributed by atoms with E-state index in [0.717, 1.165) is 11.1 Å². The van der Waals surface area contributed by atoms with Crippen molar-refractivity contribution < 1.29 is 14.3 Å². The summed E-state index contributed by atoms with van der Waals surface area (Å²) < 4.78 is 4.95. The van der Waals surface area contributed by atoms with Crippen molar-refractivity contribution in [2.45, 2.75) is 12.3 Å². The maximum atomic E-state index is 11.7. The Balaban J connectivity index is 1.61. The van der Waals surface area contributed by atoms with Crippen LogP contribution in [-0.4, -0.2) is 24.2 Å². The lowest BCUT2D eigenvalue weighted by atomic mass is 10.2. The van der Waals surface area contributed by atoms with Gasteiger partial charge in [-0.1, -0.05) is 59.6 Å². The molecule has 0 aliphatic carbocycles. The van der Waals surface area contributed by atoms with Gasteiger partial charge in [-0.15, -0.1) is 11.8 Å². The number of nitrogens with one attached hydrogen (secondary N) is 1. The van der Waals surface area contributed by atoms with Crippen LogP contribution in [0.15, 0.2) is 48.5 Å². The topological polar surface area (TPSA) is 55.4 Å². The summed E-state index contributed by atoms with van der Waals surface area (Å²) in [4.78, 5) is 23.3. The molecule has 0 saturated heterocycles. The lowest BCUT2D eigenvalue weighted by Crippen LogP contribution is -2.28. The van der Waals surface area contributed by atoms with Crippen LogP contribution in [0.2, 0.25) is 10.0 Å². The Hall–Kier alpha value is -1.69. The van der Waals surface area contributed by atoms with Gasteiger partial charge in [0.25, 0.3) is 5.91 Å². The Morgan fingerprint density at radius 2 is 1.76 bits per heavy atom. The van der Waals surface area contributed by atoms with Crippen LogP contribution < -0.4 is 5.32 Å². The van der Waals surface area contributed by atoms with Gasteiger partial charge in [-0.05, 0) is 23.3 Å². The molecule has 0 saturated carbocycles. The SMILES string of the molecule is O=C(COC(=O)CSCc1ccc(Cl)c(Cl)c1)NCc1ccccc1. The van der Waals surface area contributed by atoms with E-state index in [2.05, 4.69) is 5.32 Å². The summed E-state index contributed by atoms with van der Waals surface area (Å²) in [6.07, 6.45) is 0. The molecule has 132 valence electrons. The molecule has 0 aromatic heterocycles. The van der Waals surface area contributed by atoms with Gasteiger partial charge in [0, 0.05) is 12.3 Å². The predicted molar refractivity (Wildman–Crippen MR) is 102 cm³/mol. The Kier molecular flexibility index (Phi) is 8.12. The van der Waals surface area contributed by atoms with Crippen LogP contribution in [0.5, 0.6) is 0 Å². The highest BCUT2D eigenvalue weighted by Crippen LogP contribution is 2.24. The first kappa shape index (κ1) is 19.6. The number of hydrogen-bond acceptors (Lipinski definition) is 4. The van der Waals surface area contributed by atoms with E-state index in [-0.39, 0.29) is 18.3 Å². The van der Waals surface area contributed by atoms with Crippen LogP contribution in [0.3, 0.4) is 0 Å². The van der Waals surface area contributed by atoms with Crippen LogP contribution in [0.4, 0.5) is 0 Å². The van der Waals surface area contributed by atoms with Gasteiger partial charge in [-0.2, -0.15) is 0 Å². The largest absolute Gasteiger partial charge is 0.455 e. The van der Waals surface area contributed by atoms with Gasteiger partial charge in [0.1, 0.15) is 0 Å². The van der Waals surface area contributed by atoms with Crippen LogP contribution in [0.1, 0.15) is 11.1 Å². The van der Waals surface area contributed by atoms with Gasteiger partial charge in [-0.3, -0.25) is 9.59 Å². The van der Waals surface area contributed by atoms with Crippen molar-refractivity contribution in [1.82, 2.24) is 5.32 Å². The molecule has 2 aromatic carbocycles. The smallest absolute Gasteiger partial charge is 0.316 e. The number of carbonyl (C=O) groups is 2. The second-order valence-corrected chi connectivity index (χ2v) is 6.96. The number of benzene rings is 2. The van der Waals surface area contributed by atoms with E-state index in [1.807, 2.05) is 36.4 Å². The number of carbonyl (C=O) groups excluding carboxylic acids is 2. The fourth-order valence-electron chi connectivity index (χ4n) is 1.92. The van der Waals surface area contributed by atoms with E-state index < -0.39 is 5.97 Å². The molecule has 1 amide bonds. The zero-order valence-electron chi connectivity index (χ0n) is 13.3. The summed E-state index contributed by atoms with van der Waals surface area (Å²) in [5.74, 6) is 0.00453. The number of halogens is 2. The van der Waals surface area contributed by atoms with Crippen molar-refractivity contribution in [1.29, 1.82) is 0 Å². The number of hydrogen-bond donors (Lipinski definition) is 1. The average molecular weight is 398 g/mol. The van der Waals surface area contributed by atoms with Gasteiger partial charge >= 0.3 is 5.97 Å². The van der Waals surface area contributed by atoms with Gasteiger partial charge in [0.2, 0.25) is 0 Å². The molecule has 4 nitrogen and oxygen atoms in total. The summed E-state index contributed by atoms with van der Waals surface area (Å²) >= 11 is 13.2. The van der Waals surface area contributed by atoms with Crippen LogP contribution >= 0.6 is 35.0 Å². The number of thioether (sulfide) groups is 1. The molecule has 0 aliphatic rings. The van der Waals surface area contributed by atoms with E-state index in [1.165, 1.54) is 11.8 Å². The molecule has 1 N–H and O–H groups in total. The minimum absolute atomic E-state index is 0.159. The fraction of sp³-hybridized carbons (Fsp3) is 0.222. The van der Waals surface area contributed by atoms with Gasteiger partial charge in [-0.25, -0.2) is 0 Å². The summed E-state index contributed by atoms with van der Waals surface area (Å²) in [5.41, 5.74) is 1.95. The van der Waals surface area contributed by atoms with E-state index >= 15 is 0 Å². The van der Waals surface area contributed by atoms with E-state index in [1.54, 1.807) is 12.1 Å². The average Bonchev–Trinajstić information content (AvgIpc) is 2.62. The molecule has 2 rings (SSSR count). The number of amides is 1. The molecule has 0 aliphatic heterocycles. The molecule has 2 aromatic rings. The Morgan fingerprint density at radius 3 is 2.48 bits per heavy atom. The van der Waals surface area contributed by atoms with Crippen molar-refractivity contribution >= 4 is 46.8 Å². The summed E-state index contributed by atoms with van der Waals surface area (Å²) in [5, 5.41) is 3.68. The maximum absolute atomic E-state index is 11.7. The molecule has 7 heteroatoms. The molecular weight excluding hydrogens is 381 g/mol. The van der Waals surface area contributed by atoms with Crippen molar-refractivity contribution in [3.8, 4) is 0 Å². The third-order valence-electron chi connectivity index (χ3n) is 3.17. The number of esters is 1. The predicted octanol–water partition coefficient (Wildman–Crippen LogP) is 4.09. The van der Waals surface area contributed by atoms with Gasteiger partial charge in [0.15, 0.2) is 6.61 Å². The molecule has 0 radical (unpaired) electrons. The first-order chi connectivity index (χ1) is 12.0. The van der Waals surface area contributed by atoms with E-state index in [0.29, 0.717) is 22.3 Å². The van der Waals surface area contributed by atoms with Crippen LogP contribution in [-0.2, 0) is 26.6 Å². The molecule has 0 heterocycles. The highest BCUT2D eigenvalue weighted by molar-refractivity contribution is 7.99. The van der Waals surface area contributed by atoms with Crippen molar-refractivity contribution in [3.63, 3.8) is 0 Å². The van der Waals surface area contributed by atoms with Crippen molar-refractivity contribution in [2.75, 3.05) is 12.4 Å². The number of ether oxygens (including phenoxy) is 1. The Morgan fingerprint density at radius 1 is 1.00 bits per heavy atom. The second-order valence-electron chi connectivity index (χ2n) is 5.16. The zero-order valence-corrected chi connectivity index (χ0v) is 15.7. The lowest BCUT2D eigenvalue weighted by molar-refractivity contribution is -0.145. The monoisotopic (exact) mass is 397 g/mol. The first-order valence-electron chi connectivity index (χ1n) is 7.52. The normalized spacial score (nSPS) is 10.3. The maximum Gasteiger partial charge on any atom is 0.316 e. The molecule has 0 unspecified atom stereocenters. The summed E-state index contributed by atoms with van der Waals surface area (Å²) in [7, 11) is 0. The highest BCUT2D eigenvalue weighted by Gasteiger charge is 2.08. The second kappa shape index (κ2) is 10.3. The summed E-state index contributed by atoms with van der Waals surface area (Å²) in [6.45, 7) is 0.127. The van der Waals surface area contributed by atoms with Gasteiger partial charge in [0.05, 0.1) is 15.8 Å². The molecule has 0 atom stereocenters. The number of rotatable bonds is 8.